The Morgan fingerprint density at radius 1 is 1.00 bits per heavy atom. The summed E-state index contributed by atoms with van der Waals surface area (Å²) in [4.78, 5) is 10.3. The molecule has 106 valence electrons. The maximum atomic E-state index is 12.6. The smallest absolute Gasteiger partial charge is 0.416 e. The predicted octanol–water partition coefficient (Wildman–Crippen LogP) is 3.74. The van der Waals surface area contributed by atoms with Crippen molar-refractivity contribution in [2.75, 3.05) is 0 Å². The molecule has 8 heteroatoms. The third kappa shape index (κ3) is 3.87. The van der Waals surface area contributed by atoms with Gasteiger partial charge in [0.2, 0.25) is 0 Å². The van der Waals surface area contributed by atoms with Crippen molar-refractivity contribution in [1.29, 1.82) is 0 Å². The number of aliphatic carboxylic acids is 1. The van der Waals surface area contributed by atoms with E-state index >= 15 is 0 Å². The lowest BCUT2D eigenvalue weighted by molar-refractivity contribution is -0.145. The van der Waals surface area contributed by atoms with Crippen molar-refractivity contribution < 1.29 is 36.2 Å². The number of benzene rings is 1. The number of rotatable bonds is 3. The fraction of sp³-hybridized carbons (Fsp3) is 0.364. The maximum absolute atomic E-state index is 12.6. The lowest BCUT2D eigenvalue weighted by atomic mass is 9.96. The summed E-state index contributed by atoms with van der Waals surface area (Å²) in [7, 11) is 0. The Morgan fingerprint density at radius 3 is 1.74 bits per heavy atom. The summed E-state index contributed by atoms with van der Waals surface area (Å²) in [6, 6.07) is 1.66. The number of carboxylic acids is 1. The molecule has 0 saturated heterocycles. The van der Waals surface area contributed by atoms with Crippen molar-refractivity contribution in [3.63, 3.8) is 0 Å². The average Bonchev–Trinajstić information content (AvgIpc) is 2.23. The zero-order chi connectivity index (χ0) is 14.8. The lowest BCUT2D eigenvalue weighted by Gasteiger charge is -2.18. The van der Waals surface area contributed by atoms with Crippen LogP contribution in [-0.4, -0.2) is 11.1 Å². The predicted molar refractivity (Wildman–Crippen MR) is 52.4 cm³/mol. The summed E-state index contributed by atoms with van der Waals surface area (Å²) in [5.41, 5.74) is -3.95. The fourth-order valence-corrected chi connectivity index (χ4v) is 1.62. The van der Waals surface area contributed by atoms with E-state index in [1.165, 1.54) is 0 Å². The first-order valence-corrected chi connectivity index (χ1v) is 5.01. The zero-order valence-corrected chi connectivity index (χ0v) is 9.27. The summed E-state index contributed by atoms with van der Waals surface area (Å²) in [6.45, 7) is 0. The second kappa shape index (κ2) is 5.10. The Hall–Kier alpha value is -1.73. The van der Waals surface area contributed by atoms with E-state index < -0.39 is 47.9 Å². The molecule has 0 bridgehead atoms. The van der Waals surface area contributed by atoms with Crippen LogP contribution >= 0.6 is 0 Å². The average molecular weight is 286 g/mol. The number of alkyl halides is 6. The van der Waals surface area contributed by atoms with E-state index in [-0.39, 0.29) is 0 Å². The molecule has 19 heavy (non-hydrogen) atoms. The number of hydrogen-bond acceptors (Lipinski definition) is 1. The second-order valence-corrected chi connectivity index (χ2v) is 3.72. The van der Waals surface area contributed by atoms with Crippen molar-refractivity contribution in [2.45, 2.75) is 25.2 Å². The minimum Gasteiger partial charge on any atom is -0.481 e. The molecule has 0 saturated carbocycles. The van der Waals surface area contributed by atoms with Crippen molar-refractivity contribution in [3.8, 4) is 0 Å². The van der Waals surface area contributed by atoms with Gasteiger partial charge in [-0.1, -0.05) is 6.07 Å². The van der Waals surface area contributed by atoms with Gasteiger partial charge in [-0.2, -0.15) is 26.3 Å². The maximum Gasteiger partial charge on any atom is 0.416 e. The minimum absolute atomic E-state index is 0.506. The van der Waals surface area contributed by atoms with E-state index in [1.807, 2.05) is 0 Å². The van der Waals surface area contributed by atoms with Crippen LogP contribution in [0.3, 0.4) is 0 Å². The molecule has 1 aromatic carbocycles. The van der Waals surface area contributed by atoms with Crippen molar-refractivity contribution >= 4 is 5.97 Å². The Bertz CT molecular complexity index is 443. The molecule has 2 nitrogen and oxygen atoms in total. The van der Waals surface area contributed by atoms with E-state index in [0.29, 0.717) is 18.2 Å². The quantitative estimate of drug-likeness (QED) is 0.859. The zero-order valence-electron chi connectivity index (χ0n) is 9.27. The van der Waals surface area contributed by atoms with Crippen LogP contribution in [0.25, 0.3) is 0 Å². The van der Waals surface area contributed by atoms with E-state index in [2.05, 4.69) is 0 Å². The first-order chi connectivity index (χ1) is 8.53. The first kappa shape index (κ1) is 15.3. The monoisotopic (exact) mass is 286 g/mol. The summed E-state index contributed by atoms with van der Waals surface area (Å²) in [5, 5.41) is 8.40. The molecule has 1 rings (SSSR count). The molecule has 0 fully saturated rings. The van der Waals surface area contributed by atoms with Crippen molar-refractivity contribution in [1.82, 2.24) is 0 Å². The highest BCUT2D eigenvalue weighted by molar-refractivity contribution is 5.67. The summed E-state index contributed by atoms with van der Waals surface area (Å²) in [6.07, 6.45) is -11.6. The van der Waals surface area contributed by atoms with Gasteiger partial charge in [-0.05, 0) is 24.1 Å². The van der Waals surface area contributed by atoms with Gasteiger partial charge in [0.05, 0.1) is 11.1 Å². The molecule has 0 heterocycles. The fourth-order valence-electron chi connectivity index (χ4n) is 1.62. The molecule has 0 atom stereocenters. The third-order valence-electron chi connectivity index (χ3n) is 2.38. The largest absolute Gasteiger partial charge is 0.481 e. The molecule has 0 unspecified atom stereocenters. The van der Waals surface area contributed by atoms with Gasteiger partial charge in [0, 0.05) is 6.42 Å². The highest BCUT2D eigenvalue weighted by Crippen LogP contribution is 2.39. The Balaban J connectivity index is 3.37. The van der Waals surface area contributed by atoms with Crippen LogP contribution in [0.2, 0.25) is 0 Å². The molecule has 0 aromatic heterocycles. The Kier molecular flexibility index (Phi) is 4.12. The van der Waals surface area contributed by atoms with Gasteiger partial charge in [0.15, 0.2) is 0 Å². The van der Waals surface area contributed by atoms with Crippen LogP contribution in [0.4, 0.5) is 26.3 Å². The molecular weight excluding hydrogens is 278 g/mol. The molecule has 0 spiro atoms. The van der Waals surface area contributed by atoms with Crippen LogP contribution in [-0.2, 0) is 23.6 Å². The van der Waals surface area contributed by atoms with Crippen LogP contribution in [0.15, 0.2) is 18.2 Å². The van der Waals surface area contributed by atoms with Crippen molar-refractivity contribution in [3.05, 3.63) is 34.9 Å². The van der Waals surface area contributed by atoms with E-state index in [9.17, 15) is 31.1 Å². The van der Waals surface area contributed by atoms with Crippen LogP contribution in [0.5, 0.6) is 0 Å². The highest BCUT2D eigenvalue weighted by Gasteiger charge is 2.40. The third-order valence-corrected chi connectivity index (χ3v) is 2.38. The topological polar surface area (TPSA) is 37.3 Å². The molecule has 0 radical (unpaired) electrons. The lowest BCUT2D eigenvalue weighted by Crippen LogP contribution is -2.17. The van der Waals surface area contributed by atoms with Crippen LogP contribution < -0.4 is 0 Å². The van der Waals surface area contributed by atoms with Crippen LogP contribution in [0.1, 0.15) is 23.1 Å². The summed E-state index contributed by atoms with van der Waals surface area (Å²) in [5.74, 6) is -1.47. The SMILES string of the molecule is O=C(O)CCc1c(C(F)(F)F)cccc1C(F)(F)F. The molecule has 0 aliphatic carbocycles. The molecule has 0 amide bonds. The highest BCUT2D eigenvalue weighted by atomic mass is 19.4. The molecular formula is C11H8F6O2. The Morgan fingerprint density at radius 2 is 1.42 bits per heavy atom. The van der Waals surface area contributed by atoms with E-state index in [4.69, 9.17) is 5.11 Å². The summed E-state index contributed by atoms with van der Waals surface area (Å²) >= 11 is 0. The number of halogens is 6. The molecule has 0 aliphatic heterocycles. The summed E-state index contributed by atoms with van der Waals surface area (Å²) < 4.78 is 75.8. The van der Waals surface area contributed by atoms with E-state index in [1.54, 1.807) is 0 Å². The number of carbonyl (C=O) groups is 1. The van der Waals surface area contributed by atoms with Crippen LogP contribution in [0, 0.1) is 0 Å². The number of hydrogen-bond donors (Lipinski definition) is 1. The molecule has 0 aliphatic rings. The standard InChI is InChI=1S/C11H8F6O2/c12-10(13,14)7-2-1-3-8(11(15,16)17)6(7)4-5-9(18)19/h1-3H,4-5H2,(H,18,19). The van der Waals surface area contributed by atoms with Gasteiger partial charge in [-0.25, -0.2) is 0 Å². The molecule has 1 N–H and O–H groups in total. The van der Waals surface area contributed by atoms with Gasteiger partial charge in [-0.3, -0.25) is 4.79 Å². The van der Waals surface area contributed by atoms with Gasteiger partial charge < -0.3 is 5.11 Å². The minimum atomic E-state index is -4.96. The molecule has 1 aromatic rings. The second-order valence-electron chi connectivity index (χ2n) is 3.72. The Labute approximate surface area is 103 Å². The first-order valence-electron chi connectivity index (χ1n) is 5.01. The normalized spacial score (nSPS) is 12.5. The van der Waals surface area contributed by atoms with Gasteiger partial charge in [0.1, 0.15) is 0 Å². The number of carboxylic acid groups (broad SMARTS) is 1. The van der Waals surface area contributed by atoms with Crippen molar-refractivity contribution in [2.24, 2.45) is 0 Å². The van der Waals surface area contributed by atoms with Gasteiger partial charge in [-0.15, -0.1) is 0 Å². The van der Waals surface area contributed by atoms with Gasteiger partial charge in [0.25, 0.3) is 0 Å². The van der Waals surface area contributed by atoms with Gasteiger partial charge >= 0.3 is 18.3 Å². The van der Waals surface area contributed by atoms with E-state index in [0.717, 1.165) is 0 Å².